The van der Waals surface area contributed by atoms with Crippen LogP contribution in [0.5, 0.6) is 0 Å². The number of nitrogens with zero attached hydrogens (tertiary/aromatic N) is 1. The molecule has 5 heteroatoms. The van der Waals surface area contributed by atoms with E-state index in [4.69, 9.17) is 0 Å². The molecule has 1 spiro atoms. The molecular formula is C15H27F3N2. The smallest absolute Gasteiger partial charge is 0.308 e. The van der Waals surface area contributed by atoms with E-state index in [1.807, 2.05) is 0 Å². The molecule has 1 aliphatic heterocycles. The molecule has 1 saturated carbocycles. The number of halogens is 3. The Balaban J connectivity index is 1.96. The van der Waals surface area contributed by atoms with Crippen LogP contribution in [0.1, 0.15) is 58.8 Å². The summed E-state index contributed by atoms with van der Waals surface area (Å²) in [6.07, 6.45) is 1.33. The van der Waals surface area contributed by atoms with Crippen LogP contribution in [0.4, 0.5) is 13.2 Å². The van der Waals surface area contributed by atoms with Gasteiger partial charge in [-0.1, -0.05) is 19.8 Å². The zero-order chi connectivity index (χ0) is 14.9. The van der Waals surface area contributed by atoms with E-state index < -0.39 is 12.6 Å². The van der Waals surface area contributed by atoms with Crippen molar-refractivity contribution in [2.45, 2.75) is 76.0 Å². The van der Waals surface area contributed by atoms with Crippen molar-refractivity contribution in [3.63, 3.8) is 0 Å². The lowest BCUT2D eigenvalue weighted by Crippen LogP contribution is -2.68. The van der Waals surface area contributed by atoms with Crippen LogP contribution in [0.2, 0.25) is 0 Å². The maximum absolute atomic E-state index is 12.3. The first-order valence-electron chi connectivity index (χ1n) is 7.85. The molecule has 1 N–H and O–H groups in total. The second-order valence-electron chi connectivity index (χ2n) is 6.83. The maximum atomic E-state index is 12.3. The molecular weight excluding hydrogens is 265 g/mol. The third-order valence-electron chi connectivity index (χ3n) is 5.31. The predicted octanol–water partition coefficient (Wildman–Crippen LogP) is 3.72. The van der Waals surface area contributed by atoms with Gasteiger partial charge in [0.15, 0.2) is 0 Å². The van der Waals surface area contributed by atoms with E-state index in [-0.39, 0.29) is 17.5 Å². The second kappa shape index (κ2) is 5.84. The first-order chi connectivity index (χ1) is 9.29. The summed E-state index contributed by atoms with van der Waals surface area (Å²) in [5.41, 5.74) is 0.173. The van der Waals surface area contributed by atoms with Crippen LogP contribution < -0.4 is 5.32 Å². The van der Waals surface area contributed by atoms with Gasteiger partial charge in [-0.15, -0.1) is 0 Å². The van der Waals surface area contributed by atoms with Crippen molar-refractivity contribution in [2.75, 3.05) is 19.6 Å². The van der Waals surface area contributed by atoms with Crippen LogP contribution >= 0.6 is 0 Å². The van der Waals surface area contributed by atoms with E-state index in [0.717, 1.165) is 19.5 Å². The number of piperazine rings is 1. The standard InChI is InChI=1S/C15H27F3N2/c1-3-13(2)11-19-14(7-4-5-8-14)12-20(13)10-6-9-15(16,17)18/h19H,3-12H2,1-2H3. The van der Waals surface area contributed by atoms with Gasteiger partial charge in [-0.05, 0) is 39.2 Å². The lowest BCUT2D eigenvalue weighted by atomic mass is 9.85. The molecule has 2 aliphatic rings. The highest BCUT2D eigenvalue weighted by Gasteiger charge is 2.45. The van der Waals surface area contributed by atoms with Crippen LogP contribution in [-0.2, 0) is 0 Å². The molecule has 1 unspecified atom stereocenters. The monoisotopic (exact) mass is 292 g/mol. The van der Waals surface area contributed by atoms with Crippen molar-refractivity contribution < 1.29 is 13.2 Å². The van der Waals surface area contributed by atoms with Crippen LogP contribution in [0.15, 0.2) is 0 Å². The topological polar surface area (TPSA) is 15.3 Å². The number of nitrogens with one attached hydrogen (secondary N) is 1. The fourth-order valence-corrected chi connectivity index (χ4v) is 3.66. The van der Waals surface area contributed by atoms with Crippen molar-refractivity contribution >= 4 is 0 Å². The summed E-state index contributed by atoms with van der Waals surface area (Å²) in [4.78, 5) is 2.32. The summed E-state index contributed by atoms with van der Waals surface area (Å²) in [6.45, 7) is 6.68. The summed E-state index contributed by atoms with van der Waals surface area (Å²) in [5, 5.41) is 3.71. The molecule has 1 saturated heterocycles. The Morgan fingerprint density at radius 1 is 1.20 bits per heavy atom. The van der Waals surface area contributed by atoms with E-state index in [9.17, 15) is 13.2 Å². The molecule has 2 nitrogen and oxygen atoms in total. The summed E-state index contributed by atoms with van der Waals surface area (Å²) in [5.74, 6) is 0. The average Bonchev–Trinajstić information content (AvgIpc) is 2.81. The summed E-state index contributed by atoms with van der Waals surface area (Å²) >= 11 is 0. The van der Waals surface area contributed by atoms with Gasteiger partial charge in [0.05, 0.1) is 0 Å². The van der Waals surface area contributed by atoms with Crippen molar-refractivity contribution in [3.8, 4) is 0 Å². The Labute approximate surface area is 120 Å². The molecule has 0 amide bonds. The Hall–Kier alpha value is -0.290. The molecule has 0 bridgehead atoms. The molecule has 1 atom stereocenters. The van der Waals surface area contributed by atoms with Gasteiger partial charge in [0.2, 0.25) is 0 Å². The van der Waals surface area contributed by atoms with Crippen LogP contribution in [0.3, 0.4) is 0 Å². The molecule has 1 aliphatic carbocycles. The molecule has 0 aromatic rings. The van der Waals surface area contributed by atoms with E-state index in [0.29, 0.717) is 6.54 Å². The normalized spacial score (nSPS) is 31.1. The molecule has 0 aromatic heterocycles. The minimum absolute atomic E-state index is 0.000557. The fraction of sp³-hybridized carbons (Fsp3) is 1.00. The first kappa shape index (κ1) is 16.1. The molecule has 1 heterocycles. The van der Waals surface area contributed by atoms with Gasteiger partial charge in [0.25, 0.3) is 0 Å². The highest BCUT2D eigenvalue weighted by molar-refractivity contribution is 5.05. The predicted molar refractivity (Wildman–Crippen MR) is 74.8 cm³/mol. The zero-order valence-electron chi connectivity index (χ0n) is 12.7. The van der Waals surface area contributed by atoms with Crippen molar-refractivity contribution in [3.05, 3.63) is 0 Å². The van der Waals surface area contributed by atoms with Crippen LogP contribution in [-0.4, -0.2) is 41.8 Å². The van der Waals surface area contributed by atoms with E-state index >= 15 is 0 Å². The quantitative estimate of drug-likeness (QED) is 0.849. The second-order valence-corrected chi connectivity index (χ2v) is 6.83. The number of rotatable bonds is 4. The highest BCUT2D eigenvalue weighted by atomic mass is 19.4. The number of alkyl halides is 3. The van der Waals surface area contributed by atoms with E-state index in [2.05, 4.69) is 24.1 Å². The number of hydrogen-bond acceptors (Lipinski definition) is 2. The van der Waals surface area contributed by atoms with E-state index in [1.54, 1.807) is 0 Å². The molecule has 0 aromatic carbocycles. The Morgan fingerprint density at radius 3 is 2.40 bits per heavy atom. The third kappa shape index (κ3) is 3.67. The Bertz CT molecular complexity index is 324. The van der Waals surface area contributed by atoms with Crippen LogP contribution in [0.25, 0.3) is 0 Å². The molecule has 2 rings (SSSR count). The van der Waals surface area contributed by atoms with Crippen molar-refractivity contribution in [1.29, 1.82) is 0 Å². The first-order valence-corrected chi connectivity index (χ1v) is 7.85. The van der Waals surface area contributed by atoms with Gasteiger partial charge < -0.3 is 5.32 Å². The lowest BCUT2D eigenvalue weighted by molar-refractivity contribution is -0.137. The molecule has 20 heavy (non-hydrogen) atoms. The fourth-order valence-electron chi connectivity index (χ4n) is 3.66. The highest BCUT2D eigenvalue weighted by Crippen LogP contribution is 2.37. The van der Waals surface area contributed by atoms with Crippen LogP contribution in [0, 0.1) is 0 Å². The SMILES string of the molecule is CCC1(C)CNC2(CCCC2)CN1CCCC(F)(F)F. The third-order valence-corrected chi connectivity index (χ3v) is 5.31. The van der Waals surface area contributed by atoms with Crippen molar-refractivity contribution in [2.24, 2.45) is 0 Å². The summed E-state index contributed by atoms with van der Waals surface area (Å²) < 4.78 is 37.0. The zero-order valence-corrected chi connectivity index (χ0v) is 12.7. The van der Waals surface area contributed by atoms with Gasteiger partial charge >= 0.3 is 6.18 Å². The lowest BCUT2D eigenvalue weighted by Gasteiger charge is -2.52. The summed E-state index contributed by atoms with van der Waals surface area (Å²) in [7, 11) is 0. The minimum atomic E-state index is -4.03. The summed E-state index contributed by atoms with van der Waals surface area (Å²) in [6, 6.07) is 0. The van der Waals surface area contributed by atoms with Gasteiger partial charge in [0.1, 0.15) is 0 Å². The van der Waals surface area contributed by atoms with Gasteiger partial charge in [-0.3, -0.25) is 4.90 Å². The maximum Gasteiger partial charge on any atom is 0.389 e. The average molecular weight is 292 g/mol. The Morgan fingerprint density at radius 2 is 1.85 bits per heavy atom. The van der Waals surface area contributed by atoms with E-state index in [1.165, 1.54) is 25.7 Å². The molecule has 0 radical (unpaired) electrons. The molecule has 2 fully saturated rings. The molecule has 118 valence electrons. The minimum Gasteiger partial charge on any atom is -0.308 e. The van der Waals surface area contributed by atoms with Gasteiger partial charge in [-0.25, -0.2) is 0 Å². The largest absolute Gasteiger partial charge is 0.389 e. The van der Waals surface area contributed by atoms with Gasteiger partial charge in [0, 0.05) is 30.6 Å². The van der Waals surface area contributed by atoms with Gasteiger partial charge in [-0.2, -0.15) is 13.2 Å². The number of hydrogen-bond donors (Lipinski definition) is 1. The van der Waals surface area contributed by atoms with Crippen molar-refractivity contribution in [1.82, 2.24) is 10.2 Å². The Kier molecular flexibility index (Phi) is 4.69.